The lowest BCUT2D eigenvalue weighted by Crippen LogP contribution is -2.40. The maximum absolute atomic E-state index is 11.5. The predicted molar refractivity (Wildman–Crippen MR) is 54.6 cm³/mol. The molecular weight excluding hydrogens is 226 g/mol. The molecule has 2 unspecified atom stereocenters. The van der Waals surface area contributed by atoms with Gasteiger partial charge in [-0.15, -0.1) is 5.06 Å². The number of nitrogens with zero attached hydrogens (tertiary/aromatic N) is 1. The van der Waals surface area contributed by atoms with Gasteiger partial charge in [-0.05, 0) is 32.1 Å². The third-order valence-electron chi connectivity index (χ3n) is 3.41. The molecule has 6 nitrogen and oxygen atoms in total. The van der Waals surface area contributed by atoms with Crippen molar-refractivity contribution in [3.8, 4) is 0 Å². The van der Waals surface area contributed by atoms with Gasteiger partial charge in [0.25, 0.3) is 5.91 Å². The lowest BCUT2D eigenvalue weighted by molar-refractivity contribution is -0.186. The molecule has 1 saturated carbocycles. The van der Waals surface area contributed by atoms with Crippen LogP contribution in [-0.2, 0) is 19.1 Å². The lowest BCUT2D eigenvalue weighted by Gasteiger charge is -2.22. The molecule has 2 saturated heterocycles. The maximum atomic E-state index is 11.5. The number of hydrogen-bond acceptors (Lipinski definition) is 5. The van der Waals surface area contributed by atoms with Crippen LogP contribution in [0.25, 0.3) is 0 Å². The maximum Gasteiger partial charge on any atom is 0.533 e. The number of fused-ring (bicyclic) bond motifs is 1. The summed E-state index contributed by atoms with van der Waals surface area (Å²) < 4.78 is 10.3. The molecule has 0 bridgehead atoms. The number of carbonyl (C=O) groups is 2. The molecule has 3 rings (SSSR count). The molecule has 1 amide bonds. The first-order valence-corrected chi connectivity index (χ1v) is 6.10. The van der Waals surface area contributed by atoms with E-state index in [1.165, 1.54) is 0 Å². The largest absolute Gasteiger partial charge is 0.533 e. The molecule has 0 aromatic rings. The first-order valence-electron chi connectivity index (χ1n) is 6.10. The molecule has 0 radical (unpaired) electrons. The molecule has 17 heavy (non-hydrogen) atoms. The van der Waals surface area contributed by atoms with Gasteiger partial charge in [0.2, 0.25) is 0 Å². The third kappa shape index (κ3) is 2.22. The SMILES string of the molecule is O=C(OC1CCCC1)ON1C(=O)CCC2OC21. The van der Waals surface area contributed by atoms with Crippen molar-refractivity contribution in [3.63, 3.8) is 0 Å². The van der Waals surface area contributed by atoms with E-state index in [1.807, 2.05) is 0 Å². The van der Waals surface area contributed by atoms with Crippen molar-refractivity contribution in [2.24, 2.45) is 0 Å². The van der Waals surface area contributed by atoms with E-state index >= 15 is 0 Å². The smallest absolute Gasteiger partial charge is 0.429 e. The first-order chi connectivity index (χ1) is 8.24. The fourth-order valence-corrected chi connectivity index (χ4v) is 2.42. The quantitative estimate of drug-likeness (QED) is 0.539. The summed E-state index contributed by atoms with van der Waals surface area (Å²) in [6, 6.07) is 0. The van der Waals surface area contributed by atoms with Crippen molar-refractivity contribution in [1.29, 1.82) is 0 Å². The number of amides is 1. The summed E-state index contributed by atoms with van der Waals surface area (Å²) in [7, 11) is 0. The fraction of sp³-hybridized carbons (Fsp3) is 0.818. The van der Waals surface area contributed by atoms with Crippen LogP contribution in [0.3, 0.4) is 0 Å². The summed E-state index contributed by atoms with van der Waals surface area (Å²) in [5.74, 6) is -0.216. The summed E-state index contributed by atoms with van der Waals surface area (Å²) in [6.45, 7) is 0. The standard InChI is InChI=1S/C11H15NO5/c13-9-6-5-8-10(16-8)12(9)17-11(14)15-7-3-1-2-4-7/h7-8,10H,1-6H2. The molecular formula is C11H15NO5. The topological polar surface area (TPSA) is 68.4 Å². The van der Waals surface area contributed by atoms with Crippen molar-refractivity contribution in [1.82, 2.24) is 5.06 Å². The Morgan fingerprint density at radius 3 is 2.82 bits per heavy atom. The average molecular weight is 241 g/mol. The zero-order valence-electron chi connectivity index (χ0n) is 9.46. The Morgan fingerprint density at radius 1 is 1.29 bits per heavy atom. The number of rotatable bonds is 2. The molecule has 0 aromatic heterocycles. The van der Waals surface area contributed by atoms with Crippen molar-refractivity contribution in [2.45, 2.75) is 57.0 Å². The van der Waals surface area contributed by atoms with E-state index in [9.17, 15) is 9.59 Å². The molecule has 0 aromatic carbocycles. The van der Waals surface area contributed by atoms with Gasteiger partial charge in [-0.25, -0.2) is 4.79 Å². The summed E-state index contributed by atoms with van der Waals surface area (Å²) in [4.78, 5) is 27.9. The van der Waals surface area contributed by atoms with Gasteiger partial charge in [-0.1, -0.05) is 0 Å². The second-order valence-electron chi connectivity index (χ2n) is 4.69. The van der Waals surface area contributed by atoms with Gasteiger partial charge in [-0.3, -0.25) is 4.79 Å². The van der Waals surface area contributed by atoms with Crippen LogP contribution in [0.5, 0.6) is 0 Å². The summed E-state index contributed by atoms with van der Waals surface area (Å²) in [6.07, 6.45) is 3.79. The van der Waals surface area contributed by atoms with Gasteiger partial charge in [0.15, 0.2) is 6.23 Å². The molecule has 1 aliphatic carbocycles. The molecule has 3 aliphatic rings. The van der Waals surface area contributed by atoms with Crippen LogP contribution in [0.4, 0.5) is 4.79 Å². The van der Waals surface area contributed by atoms with Crippen LogP contribution in [0, 0.1) is 0 Å². The van der Waals surface area contributed by atoms with E-state index in [4.69, 9.17) is 14.3 Å². The second kappa shape index (κ2) is 4.18. The predicted octanol–water partition coefficient (Wildman–Crippen LogP) is 1.34. The van der Waals surface area contributed by atoms with E-state index in [0.717, 1.165) is 30.7 Å². The number of carbonyl (C=O) groups excluding carboxylic acids is 2. The highest BCUT2D eigenvalue weighted by Gasteiger charge is 2.52. The van der Waals surface area contributed by atoms with Crippen molar-refractivity contribution >= 4 is 12.1 Å². The van der Waals surface area contributed by atoms with Gasteiger partial charge in [0.05, 0.1) is 0 Å². The third-order valence-corrected chi connectivity index (χ3v) is 3.41. The highest BCUT2D eigenvalue weighted by molar-refractivity contribution is 5.78. The number of piperidine rings is 1. The van der Waals surface area contributed by atoms with Crippen LogP contribution in [-0.4, -0.2) is 35.6 Å². The van der Waals surface area contributed by atoms with Crippen LogP contribution in [0.2, 0.25) is 0 Å². The normalized spacial score (nSPS) is 32.2. The second-order valence-corrected chi connectivity index (χ2v) is 4.69. The highest BCUT2D eigenvalue weighted by atomic mass is 16.9. The van der Waals surface area contributed by atoms with Crippen molar-refractivity contribution in [2.75, 3.05) is 0 Å². The Bertz CT molecular complexity index is 339. The minimum absolute atomic E-state index is 0.0342. The summed E-state index contributed by atoms with van der Waals surface area (Å²) >= 11 is 0. The minimum atomic E-state index is -0.790. The molecule has 2 atom stereocenters. The first kappa shape index (κ1) is 10.8. The molecule has 0 N–H and O–H groups in total. The van der Waals surface area contributed by atoms with Gasteiger partial charge < -0.3 is 14.3 Å². The van der Waals surface area contributed by atoms with Crippen molar-refractivity contribution < 1.29 is 23.9 Å². The van der Waals surface area contributed by atoms with E-state index in [0.29, 0.717) is 12.8 Å². The van der Waals surface area contributed by atoms with Crippen LogP contribution < -0.4 is 0 Å². The Balaban J connectivity index is 1.51. The molecule has 2 heterocycles. The Labute approximate surface area is 98.7 Å². The number of hydroxylamine groups is 2. The van der Waals surface area contributed by atoms with E-state index in [2.05, 4.69) is 0 Å². The lowest BCUT2D eigenvalue weighted by atomic mass is 10.1. The van der Waals surface area contributed by atoms with Gasteiger partial charge in [-0.2, -0.15) is 0 Å². The van der Waals surface area contributed by atoms with Crippen LogP contribution in [0.15, 0.2) is 0 Å². The molecule has 0 spiro atoms. The summed E-state index contributed by atoms with van der Waals surface area (Å²) in [5, 5.41) is 1.02. The summed E-state index contributed by atoms with van der Waals surface area (Å²) in [5.41, 5.74) is 0. The Kier molecular flexibility index (Phi) is 2.66. The monoisotopic (exact) mass is 241 g/mol. The van der Waals surface area contributed by atoms with Crippen LogP contribution >= 0.6 is 0 Å². The van der Waals surface area contributed by atoms with Crippen LogP contribution in [0.1, 0.15) is 38.5 Å². The molecule has 2 aliphatic heterocycles. The minimum Gasteiger partial charge on any atom is -0.429 e. The molecule has 6 heteroatoms. The fourth-order valence-electron chi connectivity index (χ4n) is 2.42. The Morgan fingerprint density at radius 2 is 2.06 bits per heavy atom. The van der Waals surface area contributed by atoms with Gasteiger partial charge >= 0.3 is 6.16 Å². The average Bonchev–Trinajstić information content (AvgIpc) is 2.92. The van der Waals surface area contributed by atoms with E-state index in [-0.39, 0.29) is 24.3 Å². The van der Waals surface area contributed by atoms with E-state index < -0.39 is 6.16 Å². The van der Waals surface area contributed by atoms with Gasteiger partial charge in [0.1, 0.15) is 12.2 Å². The van der Waals surface area contributed by atoms with E-state index in [1.54, 1.807) is 0 Å². The van der Waals surface area contributed by atoms with Gasteiger partial charge in [0, 0.05) is 6.42 Å². The number of hydrogen-bond donors (Lipinski definition) is 0. The van der Waals surface area contributed by atoms with Crippen molar-refractivity contribution in [3.05, 3.63) is 0 Å². The zero-order valence-corrected chi connectivity index (χ0v) is 9.46. The highest BCUT2D eigenvalue weighted by Crippen LogP contribution is 2.35. The number of epoxide rings is 1. The zero-order chi connectivity index (χ0) is 11.8. The molecule has 3 fully saturated rings. The Hall–Kier alpha value is -1.30. The number of ether oxygens (including phenoxy) is 2. The molecule has 94 valence electrons.